The zero-order valence-corrected chi connectivity index (χ0v) is 14.5. The van der Waals surface area contributed by atoms with E-state index in [4.69, 9.17) is 11.6 Å². The molecule has 0 saturated heterocycles. The number of nitrogens with one attached hydrogen (secondary N) is 2. The lowest BCUT2D eigenvalue weighted by Crippen LogP contribution is -2.13. The highest BCUT2D eigenvalue weighted by molar-refractivity contribution is 7.92. The summed E-state index contributed by atoms with van der Waals surface area (Å²) in [4.78, 5) is 18.5. The van der Waals surface area contributed by atoms with E-state index in [0.29, 0.717) is 22.5 Å². The number of hydrogen-bond acceptors (Lipinski definition) is 4. The van der Waals surface area contributed by atoms with Gasteiger partial charge >= 0.3 is 0 Å². The van der Waals surface area contributed by atoms with Crippen molar-refractivity contribution in [2.24, 2.45) is 0 Å². The molecular formula is C17H14ClN3O3S. The predicted molar refractivity (Wildman–Crippen MR) is 97.1 cm³/mol. The number of rotatable bonds is 5. The Kier molecular flexibility index (Phi) is 4.87. The summed E-state index contributed by atoms with van der Waals surface area (Å²) in [5, 5.41) is 0. The SMILES string of the molecule is O=c1[nH]c(-c2ccc(S(=O)(=O)Nc3cccnc3)cc2)ccc1CCl. The molecule has 8 heteroatoms. The van der Waals surface area contributed by atoms with Crippen molar-refractivity contribution >= 4 is 27.3 Å². The topological polar surface area (TPSA) is 91.9 Å². The largest absolute Gasteiger partial charge is 0.322 e. The van der Waals surface area contributed by atoms with Crippen LogP contribution in [0, 0.1) is 0 Å². The highest BCUT2D eigenvalue weighted by Crippen LogP contribution is 2.20. The molecule has 0 unspecified atom stereocenters. The van der Waals surface area contributed by atoms with Crippen LogP contribution in [0.5, 0.6) is 0 Å². The first kappa shape index (κ1) is 17.2. The molecule has 0 fully saturated rings. The smallest absolute Gasteiger partial charge is 0.261 e. The average molecular weight is 376 g/mol. The van der Waals surface area contributed by atoms with E-state index < -0.39 is 10.0 Å². The van der Waals surface area contributed by atoms with E-state index in [9.17, 15) is 13.2 Å². The van der Waals surface area contributed by atoms with Crippen molar-refractivity contribution in [3.05, 3.63) is 76.8 Å². The number of benzene rings is 1. The van der Waals surface area contributed by atoms with Gasteiger partial charge in [-0.3, -0.25) is 14.5 Å². The minimum absolute atomic E-state index is 0.111. The number of sulfonamides is 1. The van der Waals surface area contributed by atoms with Crippen molar-refractivity contribution in [1.82, 2.24) is 9.97 Å². The van der Waals surface area contributed by atoms with Gasteiger partial charge in [-0.05, 0) is 35.9 Å². The molecule has 0 aliphatic carbocycles. The number of aromatic amines is 1. The van der Waals surface area contributed by atoms with E-state index in [2.05, 4.69) is 14.7 Å². The first-order valence-corrected chi connectivity index (χ1v) is 9.33. The van der Waals surface area contributed by atoms with Crippen LogP contribution < -0.4 is 10.3 Å². The third kappa shape index (κ3) is 3.89. The summed E-state index contributed by atoms with van der Waals surface area (Å²) < 4.78 is 27.2. The maximum Gasteiger partial charge on any atom is 0.261 e. The molecule has 6 nitrogen and oxygen atoms in total. The van der Waals surface area contributed by atoms with Crippen LogP contribution in [0.3, 0.4) is 0 Å². The number of halogens is 1. The van der Waals surface area contributed by atoms with Gasteiger partial charge in [-0.1, -0.05) is 18.2 Å². The molecule has 0 saturated carbocycles. The van der Waals surface area contributed by atoms with Crippen molar-refractivity contribution in [3.8, 4) is 11.3 Å². The molecule has 0 amide bonds. The Morgan fingerprint density at radius 1 is 1.08 bits per heavy atom. The van der Waals surface area contributed by atoms with Gasteiger partial charge in [-0.2, -0.15) is 0 Å². The molecule has 3 rings (SSSR count). The zero-order chi connectivity index (χ0) is 17.9. The summed E-state index contributed by atoms with van der Waals surface area (Å²) in [7, 11) is -3.71. The summed E-state index contributed by atoms with van der Waals surface area (Å²) in [5.74, 6) is 0.132. The standard InChI is InChI=1S/C17H14ClN3O3S/c18-10-13-5-8-16(20-17(13)22)12-3-6-15(7-4-12)25(23,24)21-14-2-1-9-19-11-14/h1-9,11,21H,10H2,(H,20,22). The molecular weight excluding hydrogens is 362 g/mol. The quantitative estimate of drug-likeness (QED) is 0.670. The maximum atomic E-state index is 12.4. The van der Waals surface area contributed by atoms with Gasteiger partial charge in [0.15, 0.2) is 0 Å². The Labute approximate surface area is 149 Å². The Bertz CT molecular complexity index is 1030. The van der Waals surface area contributed by atoms with Crippen molar-refractivity contribution in [1.29, 1.82) is 0 Å². The van der Waals surface area contributed by atoms with Crippen LogP contribution in [0.2, 0.25) is 0 Å². The highest BCUT2D eigenvalue weighted by atomic mass is 35.5. The zero-order valence-electron chi connectivity index (χ0n) is 12.9. The second-order valence-electron chi connectivity index (χ2n) is 5.23. The van der Waals surface area contributed by atoms with Gasteiger partial charge in [0.2, 0.25) is 0 Å². The van der Waals surface area contributed by atoms with Gasteiger partial charge in [-0.25, -0.2) is 8.42 Å². The second-order valence-corrected chi connectivity index (χ2v) is 7.18. The monoisotopic (exact) mass is 375 g/mol. The molecule has 0 atom stereocenters. The molecule has 2 N–H and O–H groups in total. The highest BCUT2D eigenvalue weighted by Gasteiger charge is 2.14. The van der Waals surface area contributed by atoms with E-state index in [1.165, 1.54) is 18.3 Å². The molecule has 1 aromatic carbocycles. The van der Waals surface area contributed by atoms with Crippen LogP contribution in [-0.2, 0) is 15.9 Å². The number of aromatic nitrogens is 2. The third-order valence-corrected chi connectivity index (χ3v) is 5.21. The lowest BCUT2D eigenvalue weighted by atomic mass is 10.1. The fourth-order valence-corrected chi connectivity index (χ4v) is 3.48. The fraction of sp³-hybridized carbons (Fsp3) is 0.0588. The molecule has 0 aliphatic rings. The van der Waals surface area contributed by atoms with Crippen molar-refractivity contribution in [2.45, 2.75) is 10.8 Å². The lowest BCUT2D eigenvalue weighted by molar-refractivity contribution is 0.601. The van der Waals surface area contributed by atoms with Gasteiger partial charge in [0, 0.05) is 17.5 Å². The summed E-state index contributed by atoms with van der Waals surface area (Å²) in [6.07, 6.45) is 2.98. The Hall–Kier alpha value is -2.64. The van der Waals surface area contributed by atoms with Crippen LogP contribution in [0.1, 0.15) is 5.56 Å². The first-order chi connectivity index (χ1) is 12.0. The summed E-state index contributed by atoms with van der Waals surface area (Å²) in [5.41, 5.74) is 1.88. The van der Waals surface area contributed by atoms with Crippen LogP contribution >= 0.6 is 11.6 Å². The number of hydrogen-bond donors (Lipinski definition) is 2. The lowest BCUT2D eigenvalue weighted by Gasteiger charge is -2.08. The number of alkyl halides is 1. The summed E-state index contributed by atoms with van der Waals surface area (Å²) in [6.45, 7) is 0. The van der Waals surface area contributed by atoms with Gasteiger partial charge in [0.25, 0.3) is 15.6 Å². The molecule has 0 bridgehead atoms. The van der Waals surface area contributed by atoms with E-state index in [-0.39, 0.29) is 16.3 Å². The van der Waals surface area contributed by atoms with Crippen LogP contribution in [-0.4, -0.2) is 18.4 Å². The molecule has 2 heterocycles. The number of anilines is 1. The van der Waals surface area contributed by atoms with Crippen molar-refractivity contribution < 1.29 is 8.42 Å². The number of H-pyrrole nitrogens is 1. The minimum Gasteiger partial charge on any atom is -0.322 e. The third-order valence-electron chi connectivity index (χ3n) is 3.52. The average Bonchev–Trinajstić information content (AvgIpc) is 2.62. The van der Waals surface area contributed by atoms with Crippen LogP contribution in [0.15, 0.2) is 70.6 Å². The molecule has 128 valence electrons. The molecule has 0 aliphatic heterocycles. The Morgan fingerprint density at radius 3 is 2.44 bits per heavy atom. The summed E-state index contributed by atoms with van der Waals surface area (Å²) in [6, 6.07) is 12.8. The van der Waals surface area contributed by atoms with Crippen LogP contribution in [0.25, 0.3) is 11.3 Å². The molecule has 0 radical (unpaired) electrons. The number of nitrogens with zero attached hydrogens (tertiary/aromatic N) is 1. The van der Waals surface area contributed by atoms with Gasteiger partial charge in [0.1, 0.15) is 0 Å². The van der Waals surface area contributed by atoms with E-state index >= 15 is 0 Å². The Morgan fingerprint density at radius 2 is 1.84 bits per heavy atom. The molecule has 25 heavy (non-hydrogen) atoms. The van der Waals surface area contributed by atoms with Crippen LogP contribution in [0.4, 0.5) is 5.69 Å². The van der Waals surface area contributed by atoms with Gasteiger partial charge in [0.05, 0.1) is 22.7 Å². The molecule has 0 spiro atoms. The maximum absolute atomic E-state index is 12.4. The van der Waals surface area contributed by atoms with Gasteiger partial charge in [-0.15, -0.1) is 11.6 Å². The number of pyridine rings is 2. The van der Waals surface area contributed by atoms with Crippen molar-refractivity contribution in [3.63, 3.8) is 0 Å². The van der Waals surface area contributed by atoms with E-state index in [1.807, 2.05) is 0 Å². The second kappa shape index (κ2) is 7.08. The first-order valence-electron chi connectivity index (χ1n) is 7.31. The van der Waals surface area contributed by atoms with E-state index in [1.54, 1.807) is 42.6 Å². The van der Waals surface area contributed by atoms with E-state index in [0.717, 1.165) is 0 Å². The van der Waals surface area contributed by atoms with Gasteiger partial charge < -0.3 is 4.98 Å². The Balaban J connectivity index is 1.87. The summed E-state index contributed by atoms with van der Waals surface area (Å²) >= 11 is 5.67. The predicted octanol–water partition coefficient (Wildman–Crippen LogP) is 2.98. The fourth-order valence-electron chi connectivity index (χ4n) is 2.23. The molecule has 3 aromatic rings. The normalized spacial score (nSPS) is 11.2. The van der Waals surface area contributed by atoms with Crippen molar-refractivity contribution in [2.75, 3.05) is 4.72 Å². The minimum atomic E-state index is -3.71. The molecule has 2 aromatic heterocycles.